The summed E-state index contributed by atoms with van der Waals surface area (Å²) in [6.07, 6.45) is -4.21. The molecular weight excluding hydrogens is 413 g/mol. The smallest absolute Gasteiger partial charge is 0.433 e. The zero-order valence-corrected chi connectivity index (χ0v) is 16.9. The number of hydrogen-bond donors (Lipinski definition) is 0. The molecule has 0 aliphatic carbocycles. The molecule has 0 unspecified atom stereocenters. The highest BCUT2D eigenvalue weighted by molar-refractivity contribution is 5.70. The van der Waals surface area contributed by atoms with E-state index >= 15 is 0 Å². The maximum absolute atomic E-state index is 12.8. The number of carbonyl (C=O) groups is 1. The molecule has 31 heavy (non-hydrogen) atoms. The second-order valence-corrected chi connectivity index (χ2v) is 8.01. The molecule has 3 aliphatic heterocycles. The summed E-state index contributed by atoms with van der Waals surface area (Å²) in [6, 6.07) is 3.78. The second-order valence-electron chi connectivity index (χ2n) is 8.01. The van der Waals surface area contributed by atoms with Crippen molar-refractivity contribution in [3.63, 3.8) is 0 Å². The summed E-state index contributed by atoms with van der Waals surface area (Å²) < 4.78 is 44.1. The third-order valence-electron chi connectivity index (χ3n) is 5.75. The molecule has 0 radical (unpaired) electrons. The molecule has 2 aromatic heterocycles. The molecule has 5 heterocycles. The van der Waals surface area contributed by atoms with E-state index in [-0.39, 0.29) is 5.82 Å². The first-order chi connectivity index (χ1) is 14.8. The average Bonchev–Trinajstić information content (AvgIpc) is 3.06. The Kier molecular flexibility index (Phi) is 4.63. The molecule has 0 aromatic carbocycles. The normalized spacial score (nSPS) is 18.5. The van der Waals surface area contributed by atoms with Crippen LogP contribution in [0.5, 0.6) is 0 Å². The number of aryl methyl sites for hydroxylation is 1. The summed E-state index contributed by atoms with van der Waals surface area (Å²) in [7, 11) is 0. The number of anilines is 2. The molecule has 5 rings (SSSR count). The molecule has 2 aromatic rings. The van der Waals surface area contributed by atoms with Gasteiger partial charge in [0.25, 0.3) is 0 Å². The summed E-state index contributed by atoms with van der Waals surface area (Å²) in [5, 5.41) is 0. The van der Waals surface area contributed by atoms with Gasteiger partial charge in [0.1, 0.15) is 29.3 Å². The Balaban J connectivity index is 1.19. The van der Waals surface area contributed by atoms with Crippen LogP contribution in [0.4, 0.5) is 29.6 Å². The summed E-state index contributed by atoms with van der Waals surface area (Å²) in [5.74, 6) is 1.80. The van der Waals surface area contributed by atoms with E-state index in [0.29, 0.717) is 32.0 Å². The first-order valence-corrected chi connectivity index (χ1v) is 10.1. The van der Waals surface area contributed by atoms with E-state index in [2.05, 4.69) is 19.9 Å². The van der Waals surface area contributed by atoms with E-state index in [1.54, 1.807) is 9.80 Å². The number of ether oxygens (including phenoxy) is 1. The number of amides is 1. The number of halogens is 3. The van der Waals surface area contributed by atoms with Crippen molar-refractivity contribution in [3.8, 4) is 0 Å². The number of carbonyl (C=O) groups excluding carboxylic acids is 1. The third-order valence-corrected chi connectivity index (χ3v) is 5.75. The van der Waals surface area contributed by atoms with E-state index in [1.807, 2.05) is 6.92 Å². The van der Waals surface area contributed by atoms with Crippen molar-refractivity contribution in [2.75, 3.05) is 36.0 Å². The number of rotatable bonds is 3. The van der Waals surface area contributed by atoms with Gasteiger partial charge in [-0.1, -0.05) is 6.07 Å². The predicted molar refractivity (Wildman–Crippen MR) is 105 cm³/mol. The van der Waals surface area contributed by atoms with Crippen LogP contribution in [0, 0.1) is 6.92 Å². The van der Waals surface area contributed by atoms with Gasteiger partial charge in [-0.3, -0.25) is 4.90 Å². The van der Waals surface area contributed by atoms with Crippen LogP contribution >= 0.6 is 0 Å². The van der Waals surface area contributed by atoms with Gasteiger partial charge in [-0.15, -0.1) is 0 Å². The molecule has 3 aliphatic rings. The molecule has 0 spiro atoms. The summed E-state index contributed by atoms with van der Waals surface area (Å²) in [5.41, 5.74) is 0.870. The molecule has 1 amide bonds. The van der Waals surface area contributed by atoms with Gasteiger partial charge in [-0.2, -0.15) is 13.2 Å². The largest absolute Gasteiger partial charge is 0.442 e. The number of fused-ring (bicyclic) bond motifs is 1. The number of alkyl halides is 3. The summed E-state index contributed by atoms with van der Waals surface area (Å²) in [4.78, 5) is 30.8. The lowest BCUT2D eigenvalue weighted by molar-refractivity contribution is -0.141. The van der Waals surface area contributed by atoms with Gasteiger partial charge in [0.05, 0.1) is 31.9 Å². The number of nitrogens with zero attached hydrogens (tertiary/aromatic N) is 6. The fourth-order valence-electron chi connectivity index (χ4n) is 3.95. The Bertz CT molecular complexity index is 1020. The highest BCUT2D eigenvalue weighted by atomic mass is 19.4. The van der Waals surface area contributed by atoms with Crippen LogP contribution in [0.25, 0.3) is 0 Å². The van der Waals surface area contributed by atoms with Gasteiger partial charge >= 0.3 is 12.3 Å². The molecule has 0 saturated carbocycles. The van der Waals surface area contributed by atoms with Crippen LogP contribution in [0.2, 0.25) is 0 Å². The fourth-order valence-corrected chi connectivity index (χ4v) is 3.95. The van der Waals surface area contributed by atoms with Crippen molar-refractivity contribution < 1.29 is 22.7 Å². The SMILES string of the molecule is Cc1nc2c(c(N3CCC3)n1)CN(C(=O)OC1CN(c3cccc(C(F)(F)F)n3)C1)C2. The van der Waals surface area contributed by atoms with Crippen LogP contribution in [-0.4, -0.2) is 58.2 Å². The van der Waals surface area contributed by atoms with E-state index < -0.39 is 24.1 Å². The van der Waals surface area contributed by atoms with Crippen molar-refractivity contribution in [1.29, 1.82) is 0 Å². The van der Waals surface area contributed by atoms with Crippen LogP contribution in [0.1, 0.15) is 29.2 Å². The van der Waals surface area contributed by atoms with Gasteiger partial charge in [0, 0.05) is 18.7 Å². The highest BCUT2D eigenvalue weighted by Gasteiger charge is 2.37. The van der Waals surface area contributed by atoms with Crippen molar-refractivity contribution >= 4 is 17.7 Å². The van der Waals surface area contributed by atoms with Crippen LogP contribution in [0.15, 0.2) is 18.2 Å². The van der Waals surface area contributed by atoms with E-state index in [9.17, 15) is 18.0 Å². The number of pyridine rings is 1. The minimum absolute atomic E-state index is 0.223. The van der Waals surface area contributed by atoms with Gasteiger partial charge in [-0.25, -0.2) is 19.7 Å². The lowest BCUT2D eigenvalue weighted by Gasteiger charge is -2.39. The Morgan fingerprint density at radius 2 is 1.87 bits per heavy atom. The van der Waals surface area contributed by atoms with Crippen molar-refractivity contribution in [2.45, 2.75) is 38.7 Å². The van der Waals surface area contributed by atoms with E-state index in [1.165, 1.54) is 12.1 Å². The molecule has 2 fully saturated rings. The zero-order chi connectivity index (χ0) is 21.8. The second kappa shape index (κ2) is 7.24. The highest BCUT2D eigenvalue weighted by Crippen LogP contribution is 2.33. The van der Waals surface area contributed by atoms with Crippen LogP contribution < -0.4 is 9.80 Å². The van der Waals surface area contributed by atoms with Crippen molar-refractivity contribution in [3.05, 3.63) is 41.0 Å². The lowest BCUT2D eigenvalue weighted by atomic mass is 10.1. The maximum Gasteiger partial charge on any atom is 0.433 e. The lowest BCUT2D eigenvalue weighted by Crippen LogP contribution is -2.54. The Morgan fingerprint density at radius 1 is 1.10 bits per heavy atom. The van der Waals surface area contributed by atoms with Crippen molar-refractivity contribution in [1.82, 2.24) is 19.9 Å². The summed E-state index contributed by atoms with van der Waals surface area (Å²) >= 11 is 0. The number of hydrogen-bond acceptors (Lipinski definition) is 7. The minimum atomic E-state index is -4.49. The topological polar surface area (TPSA) is 74.7 Å². The van der Waals surface area contributed by atoms with Gasteiger partial charge in [-0.05, 0) is 25.5 Å². The van der Waals surface area contributed by atoms with Gasteiger partial charge in [0.2, 0.25) is 0 Å². The first kappa shape index (κ1) is 19.8. The predicted octanol–water partition coefficient (Wildman–Crippen LogP) is 2.75. The Morgan fingerprint density at radius 3 is 2.55 bits per heavy atom. The summed E-state index contributed by atoms with van der Waals surface area (Å²) in [6.45, 7) is 5.12. The molecule has 2 saturated heterocycles. The number of aromatic nitrogens is 3. The molecule has 11 heteroatoms. The van der Waals surface area contributed by atoms with Crippen LogP contribution in [-0.2, 0) is 24.0 Å². The van der Waals surface area contributed by atoms with Gasteiger partial charge < -0.3 is 14.5 Å². The Labute approximate surface area is 176 Å². The molecule has 0 bridgehead atoms. The quantitative estimate of drug-likeness (QED) is 0.735. The third kappa shape index (κ3) is 3.72. The molecule has 0 atom stereocenters. The standard InChI is InChI=1S/C20H21F3N6O2/c1-12-24-15-11-29(10-14(15)18(25-12)27-6-3-7-27)19(30)31-13-8-28(9-13)17-5-2-4-16(26-17)20(21,22)23/h2,4-5,13H,3,6-11H2,1H3. The zero-order valence-electron chi connectivity index (χ0n) is 16.9. The van der Waals surface area contributed by atoms with Crippen molar-refractivity contribution in [2.24, 2.45) is 0 Å². The average molecular weight is 434 g/mol. The molecule has 164 valence electrons. The molecule has 0 N–H and O–H groups in total. The van der Waals surface area contributed by atoms with Gasteiger partial charge in [0.15, 0.2) is 0 Å². The fraction of sp³-hybridized carbons (Fsp3) is 0.500. The monoisotopic (exact) mass is 434 g/mol. The molecule has 8 nitrogen and oxygen atoms in total. The minimum Gasteiger partial charge on any atom is -0.442 e. The molecular formula is C20H21F3N6O2. The first-order valence-electron chi connectivity index (χ1n) is 10.1. The van der Waals surface area contributed by atoms with Crippen LogP contribution in [0.3, 0.4) is 0 Å². The Hall–Kier alpha value is -3.11. The maximum atomic E-state index is 12.8. The van der Waals surface area contributed by atoms with E-state index in [4.69, 9.17) is 4.74 Å². The van der Waals surface area contributed by atoms with E-state index in [0.717, 1.165) is 42.7 Å².